The SMILES string of the molecule is CC(N)CC(=O)CCCOCc1ccccc1. The van der Waals surface area contributed by atoms with E-state index in [9.17, 15) is 4.79 Å². The van der Waals surface area contributed by atoms with Gasteiger partial charge in [-0.25, -0.2) is 0 Å². The normalized spacial score (nSPS) is 12.4. The van der Waals surface area contributed by atoms with Gasteiger partial charge < -0.3 is 10.5 Å². The smallest absolute Gasteiger partial charge is 0.134 e. The molecule has 0 heterocycles. The number of hydrogen-bond donors (Lipinski definition) is 1. The topological polar surface area (TPSA) is 52.3 Å². The van der Waals surface area contributed by atoms with E-state index in [2.05, 4.69) is 0 Å². The van der Waals surface area contributed by atoms with Crippen LogP contribution in [0.5, 0.6) is 0 Å². The van der Waals surface area contributed by atoms with Crippen molar-refractivity contribution in [3.63, 3.8) is 0 Å². The fourth-order valence-corrected chi connectivity index (χ4v) is 1.60. The molecule has 3 nitrogen and oxygen atoms in total. The molecule has 1 aromatic rings. The second-order valence-electron chi connectivity index (χ2n) is 4.36. The maximum absolute atomic E-state index is 11.4. The summed E-state index contributed by atoms with van der Waals surface area (Å²) in [5, 5.41) is 0. The number of Topliss-reactive ketones (excluding diaryl/α,β-unsaturated/α-hetero) is 1. The summed E-state index contributed by atoms with van der Waals surface area (Å²) < 4.78 is 5.49. The Hall–Kier alpha value is -1.19. The fourth-order valence-electron chi connectivity index (χ4n) is 1.60. The highest BCUT2D eigenvalue weighted by Crippen LogP contribution is 2.03. The molecule has 0 aromatic heterocycles. The molecule has 0 saturated heterocycles. The van der Waals surface area contributed by atoms with Gasteiger partial charge in [-0.1, -0.05) is 30.3 Å². The number of ketones is 1. The van der Waals surface area contributed by atoms with Crippen LogP contribution < -0.4 is 5.73 Å². The van der Waals surface area contributed by atoms with Crippen LogP contribution in [0.4, 0.5) is 0 Å². The first-order chi connectivity index (χ1) is 8.18. The van der Waals surface area contributed by atoms with Crippen molar-refractivity contribution in [2.24, 2.45) is 5.73 Å². The van der Waals surface area contributed by atoms with E-state index in [1.54, 1.807) is 0 Å². The molecule has 2 N–H and O–H groups in total. The molecular weight excluding hydrogens is 214 g/mol. The van der Waals surface area contributed by atoms with E-state index in [0.717, 1.165) is 12.0 Å². The van der Waals surface area contributed by atoms with Crippen LogP contribution in [-0.4, -0.2) is 18.4 Å². The monoisotopic (exact) mass is 235 g/mol. The number of benzene rings is 1. The minimum atomic E-state index is -0.0345. The Morgan fingerprint density at radius 3 is 2.71 bits per heavy atom. The quantitative estimate of drug-likeness (QED) is 0.703. The van der Waals surface area contributed by atoms with Crippen molar-refractivity contribution in [2.75, 3.05) is 6.61 Å². The first kappa shape index (κ1) is 13.9. The molecule has 0 aliphatic rings. The third-order valence-electron chi connectivity index (χ3n) is 2.41. The van der Waals surface area contributed by atoms with Gasteiger partial charge in [0.1, 0.15) is 5.78 Å². The van der Waals surface area contributed by atoms with Crippen LogP contribution in [0.15, 0.2) is 30.3 Å². The zero-order valence-electron chi connectivity index (χ0n) is 10.4. The summed E-state index contributed by atoms with van der Waals surface area (Å²) in [6.45, 7) is 3.09. The summed E-state index contributed by atoms with van der Waals surface area (Å²) in [7, 11) is 0. The van der Waals surface area contributed by atoms with Gasteiger partial charge in [0, 0.05) is 25.5 Å². The largest absolute Gasteiger partial charge is 0.377 e. The van der Waals surface area contributed by atoms with Crippen molar-refractivity contribution in [1.82, 2.24) is 0 Å². The van der Waals surface area contributed by atoms with Crippen LogP contribution >= 0.6 is 0 Å². The van der Waals surface area contributed by atoms with Crippen molar-refractivity contribution in [2.45, 2.75) is 38.8 Å². The van der Waals surface area contributed by atoms with E-state index in [1.807, 2.05) is 37.3 Å². The molecule has 3 heteroatoms. The van der Waals surface area contributed by atoms with Gasteiger partial charge in [0.25, 0.3) is 0 Å². The van der Waals surface area contributed by atoms with Crippen LogP contribution in [0, 0.1) is 0 Å². The van der Waals surface area contributed by atoms with Crippen molar-refractivity contribution in [3.05, 3.63) is 35.9 Å². The summed E-state index contributed by atoms with van der Waals surface area (Å²) in [6, 6.07) is 9.99. The Bertz CT molecular complexity index is 322. The zero-order chi connectivity index (χ0) is 12.5. The number of ether oxygens (including phenoxy) is 1. The van der Waals surface area contributed by atoms with E-state index in [4.69, 9.17) is 10.5 Å². The average molecular weight is 235 g/mol. The van der Waals surface area contributed by atoms with Crippen molar-refractivity contribution >= 4 is 5.78 Å². The predicted molar refractivity (Wildman–Crippen MR) is 68.6 cm³/mol. The summed E-state index contributed by atoms with van der Waals surface area (Å²) in [6.07, 6.45) is 1.81. The Morgan fingerprint density at radius 2 is 2.06 bits per heavy atom. The third kappa shape index (κ3) is 6.87. The van der Waals surface area contributed by atoms with Crippen LogP contribution in [-0.2, 0) is 16.1 Å². The van der Waals surface area contributed by atoms with E-state index >= 15 is 0 Å². The lowest BCUT2D eigenvalue weighted by Gasteiger charge is -2.05. The molecule has 1 aromatic carbocycles. The van der Waals surface area contributed by atoms with Crippen LogP contribution in [0.1, 0.15) is 31.7 Å². The molecular formula is C14H21NO2. The fraction of sp³-hybridized carbons (Fsp3) is 0.500. The Labute approximate surface area is 103 Å². The third-order valence-corrected chi connectivity index (χ3v) is 2.41. The molecule has 17 heavy (non-hydrogen) atoms. The van der Waals surface area contributed by atoms with Crippen molar-refractivity contribution in [1.29, 1.82) is 0 Å². The lowest BCUT2D eigenvalue weighted by Crippen LogP contribution is -2.19. The van der Waals surface area contributed by atoms with Gasteiger partial charge in [0.05, 0.1) is 6.61 Å². The van der Waals surface area contributed by atoms with Crippen molar-refractivity contribution in [3.8, 4) is 0 Å². The first-order valence-corrected chi connectivity index (χ1v) is 6.07. The lowest BCUT2D eigenvalue weighted by molar-refractivity contribution is -0.119. The average Bonchev–Trinajstić information content (AvgIpc) is 2.29. The molecule has 1 unspecified atom stereocenters. The minimum Gasteiger partial charge on any atom is -0.377 e. The van der Waals surface area contributed by atoms with Crippen LogP contribution in [0.3, 0.4) is 0 Å². The zero-order valence-corrected chi connectivity index (χ0v) is 10.4. The molecule has 0 amide bonds. The van der Waals surface area contributed by atoms with E-state index in [0.29, 0.717) is 26.1 Å². The number of carbonyl (C=O) groups excluding carboxylic acids is 1. The maximum Gasteiger partial charge on any atom is 0.134 e. The highest BCUT2D eigenvalue weighted by Gasteiger charge is 2.04. The number of rotatable bonds is 8. The highest BCUT2D eigenvalue weighted by molar-refractivity contribution is 5.78. The second kappa shape index (κ2) is 7.98. The summed E-state index contributed by atoms with van der Waals surface area (Å²) >= 11 is 0. The molecule has 0 radical (unpaired) electrons. The standard InChI is InChI=1S/C14H21NO2/c1-12(15)10-14(16)8-5-9-17-11-13-6-3-2-4-7-13/h2-4,6-7,12H,5,8-11,15H2,1H3. The molecule has 0 aliphatic carbocycles. The Kier molecular flexibility index (Phi) is 6.51. The number of nitrogens with two attached hydrogens (primary N) is 1. The molecule has 0 bridgehead atoms. The van der Waals surface area contributed by atoms with Gasteiger partial charge in [-0.2, -0.15) is 0 Å². The summed E-state index contributed by atoms with van der Waals surface area (Å²) in [5.74, 6) is 0.225. The van der Waals surface area contributed by atoms with E-state index in [-0.39, 0.29) is 11.8 Å². The van der Waals surface area contributed by atoms with Crippen molar-refractivity contribution < 1.29 is 9.53 Å². The molecule has 0 fully saturated rings. The molecule has 1 rings (SSSR count). The molecule has 0 aliphatic heterocycles. The van der Waals surface area contributed by atoms with Crippen LogP contribution in [0.25, 0.3) is 0 Å². The molecule has 94 valence electrons. The maximum atomic E-state index is 11.4. The number of hydrogen-bond acceptors (Lipinski definition) is 3. The Balaban J connectivity index is 2.03. The van der Waals surface area contributed by atoms with E-state index < -0.39 is 0 Å². The van der Waals surface area contributed by atoms with Gasteiger partial charge in [0.15, 0.2) is 0 Å². The highest BCUT2D eigenvalue weighted by atomic mass is 16.5. The first-order valence-electron chi connectivity index (χ1n) is 6.07. The molecule has 0 spiro atoms. The summed E-state index contributed by atoms with van der Waals surface area (Å²) in [4.78, 5) is 11.4. The van der Waals surface area contributed by atoms with Gasteiger partial charge in [0.2, 0.25) is 0 Å². The van der Waals surface area contributed by atoms with Gasteiger partial charge in [-0.3, -0.25) is 4.79 Å². The predicted octanol–water partition coefficient (Wildman–Crippen LogP) is 2.29. The molecule has 0 saturated carbocycles. The molecule has 1 atom stereocenters. The van der Waals surface area contributed by atoms with Gasteiger partial charge in [-0.05, 0) is 18.9 Å². The van der Waals surface area contributed by atoms with E-state index in [1.165, 1.54) is 0 Å². The van der Waals surface area contributed by atoms with Crippen LogP contribution in [0.2, 0.25) is 0 Å². The number of carbonyl (C=O) groups is 1. The summed E-state index contributed by atoms with van der Waals surface area (Å²) in [5.41, 5.74) is 6.71. The van der Waals surface area contributed by atoms with Gasteiger partial charge >= 0.3 is 0 Å². The lowest BCUT2D eigenvalue weighted by atomic mass is 10.1. The van der Waals surface area contributed by atoms with Gasteiger partial charge in [-0.15, -0.1) is 0 Å². The Morgan fingerprint density at radius 1 is 1.35 bits per heavy atom. The minimum absolute atomic E-state index is 0.0345. The second-order valence-corrected chi connectivity index (χ2v) is 4.36.